The summed E-state index contributed by atoms with van der Waals surface area (Å²) in [5.41, 5.74) is -6.48. The molecule has 1 aromatic heterocycles. The van der Waals surface area contributed by atoms with E-state index in [4.69, 9.17) is 5.26 Å². The summed E-state index contributed by atoms with van der Waals surface area (Å²) in [5, 5.41) is 18.7. The van der Waals surface area contributed by atoms with E-state index in [-0.39, 0.29) is 0 Å². The van der Waals surface area contributed by atoms with E-state index in [0.29, 0.717) is 0 Å². The van der Waals surface area contributed by atoms with Gasteiger partial charge in [-0.2, -0.15) is 30.7 Å². The predicted molar refractivity (Wildman–Crippen MR) is 70.6 cm³/mol. The van der Waals surface area contributed by atoms with Crippen molar-refractivity contribution in [1.29, 1.82) is 0 Å². The van der Waals surface area contributed by atoms with Crippen molar-refractivity contribution in [1.82, 2.24) is 4.98 Å². The molecule has 0 bridgehead atoms. The fraction of sp³-hybridized carbons (Fsp3) is 0.643. The zero-order valence-corrected chi connectivity index (χ0v) is 13.9. The second kappa shape index (κ2) is 7.43. The van der Waals surface area contributed by atoms with Crippen LogP contribution >= 0.6 is 0 Å². The van der Waals surface area contributed by atoms with Crippen LogP contribution in [0.15, 0.2) is 0 Å². The van der Waals surface area contributed by atoms with Gasteiger partial charge in [0, 0.05) is 0 Å². The summed E-state index contributed by atoms with van der Waals surface area (Å²) in [7, 11) is 0. The Hall–Kier alpha value is -1.60. The first-order valence-electron chi connectivity index (χ1n) is 7.11. The number of pyridine rings is 1. The summed E-state index contributed by atoms with van der Waals surface area (Å²) >= 11 is 0. The van der Waals surface area contributed by atoms with Gasteiger partial charge in [0.2, 0.25) is 5.95 Å². The van der Waals surface area contributed by atoms with E-state index in [1.165, 1.54) is 0 Å². The molecule has 0 fully saturated rings. The number of alkyl halides is 6. The van der Waals surface area contributed by atoms with Gasteiger partial charge < -0.3 is 5.11 Å². The van der Waals surface area contributed by atoms with Crippen LogP contribution in [0.5, 0.6) is 0 Å². The number of rotatable bonds is 4. The van der Waals surface area contributed by atoms with Crippen molar-refractivity contribution in [2.45, 2.75) is 45.3 Å². The standard InChI is InChI=1S/C14H14F9NO3/c1-12(2,3)10(25)5(13(18,19)20)8(27-26)4-6(15)9(14(21,22)23)24-11(17)7(4)16/h5,8,10,25-26H,1-3H3. The van der Waals surface area contributed by atoms with Crippen LogP contribution < -0.4 is 0 Å². The highest BCUT2D eigenvalue weighted by Gasteiger charge is 2.55. The molecule has 3 unspecified atom stereocenters. The average molecular weight is 415 g/mol. The number of nitrogens with zero attached hydrogens (tertiary/aromatic N) is 1. The SMILES string of the molecule is CC(C)(C)C(O)C(C(OO)c1c(F)c(F)nc(C(F)(F)F)c1F)C(F)(F)F. The van der Waals surface area contributed by atoms with Crippen LogP contribution in [0.2, 0.25) is 0 Å². The fourth-order valence-electron chi connectivity index (χ4n) is 2.32. The Bertz CT molecular complexity index is 682. The van der Waals surface area contributed by atoms with Gasteiger partial charge in [0.05, 0.1) is 11.7 Å². The molecule has 27 heavy (non-hydrogen) atoms. The second-order valence-corrected chi connectivity index (χ2v) is 6.69. The lowest BCUT2D eigenvalue weighted by molar-refractivity contribution is -0.340. The van der Waals surface area contributed by atoms with Crippen molar-refractivity contribution in [3.8, 4) is 0 Å². The molecule has 4 nitrogen and oxygen atoms in total. The van der Waals surface area contributed by atoms with E-state index < -0.39 is 64.7 Å². The number of aliphatic hydroxyl groups excluding tert-OH is 1. The highest BCUT2D eigenvalue weighted by Crippen LogP contribution is 2.47. The second-order valence-electron chi connectivity index (χ2n) is 6.69. The molecular formula is C14H14F9NO3. The number of halogens is 9. The van der Waals surface area contributed by atoms with Crippen LogP contribution in [-0.4, -0.2) is 27.6 Å². The molecule has 0 aliphatic heterocycles. The largest absolute Gasteiger partial charge is 0.436 e. The highest BCUT2D eigenvalue weighted by molar-refractivity contribution is 5.27. The molecule has 0 radical (unpaired) electrons. The Morgan fingerprint density at radius 1 is 0.926 bits per heavy atom. The van der Waals surface area contributed by atoms with Gasteiger partial charge in [-0.05, 0) is 5.41 Å². The lowest BCUT2D eigenvalue weighted by atomic mass is 9.77. The molecule has 0 aliphatic rings. The number of hydrogen-bond acceptors (Lipinski definition) is 4. The van der Waals surface area contributed by atoms with Crippen molar-refractivity contribution in [2.75, 3.05) is 0 Å². The monoisotopic (exact) mass is 415 g/mol. The lowest BCUT2D eigenvalue weighted by Crippen LogP contribution is -2.46. The van der Waals surface area contributed by atoms with Crippen LogP contribution in [0.25, 0.3) is 0 Å². The summed E-state index contributed by atoms with van der Waals surface area (Å²) < 4.78 is 120. The third-order valence-electron chi connectivity index (χ3n) is 3.67. The first kappa shape index (κ1) is 23.4. The molecule has 0 saturated heterocycles. The van der Waals surface area contributed by atoms with Gasteiger partial charge in [-0.25, -0.2) is 18.7 Å². The number of hydrogen-bond donors (Lipinski definition) is 2. The smallest absolute Gasteiger partial charge is 0.392 e. The van der Waals surface area contributed by atoms with Crippen LogP contribution in [0.1, 0.15) is 38.1 Å². The Kier molecular flexibility index (Phi) is 6.45. The topological polar surface area (TPSA) is 62.6 Å². The minimum Gasteiger partial charge on any atom is -0.392 e. The normalized spacial score (nSPS) is 17.0. The molecule has 1 heterocycles. The van der Waals surface area contributed by atoms with Crippen LogP contribution in [0, 0.1) is 28.9 Å². The van der Waals surface area contributed by atoms with Gasteiger partial charge in [0.25, 0.3) is 0 Å². The van der Waals surface area contributed by atoms with Gasteiger partial charge in [0.1, 0.15) is 12.0 Å². The number of aliphatic hydroxyl groups is 1. The van der Waals surface area contributed by atoms with E-state index in [0.717, 1.165) is 20.8 Å². The molecule has 13 heteroatoms. The third kappa shape index (κ3) is 4.82. The van der Waals surface area contributed by atoms with E-state index >= 15 is 0 Å². The molecule has 0 spiro atoms. The maximum Gasteiger partial charge on any atom is 0.436 e. The summed E-state index contributed by atoms with van der Waals surface area (Å²) in [5.74, 6) is -11.1. The first-order chi connectivity index (χ1) is 11.9. The van der Waals surface area contributed by atoms with Crippen molar-refractivity contribution in [3.05, 3.63) is 28.8 Å². The average Bonchev–Trinajstić information content (AvgIpc) is 2.46. The molecule has 0 saturated carbocycles. The molecule has 0 amide bonds. The lowest BCUT2D eigenvalue weighted by Gasteiger charge is -2.37. The summed E-state index contributed by atoms with van der Waals surface area (Å²) in [6, 6.07) is 0. The van der Waals surface area contributed by atoms with Gasteiger partial charge in [-0.1, -0.05) is 20.8 Å². The summed E-state index contributed by atoms with van der Waals surface area (Å²) in [4.78, 5) is 5.42. The first-order valence-corrected chi connectivity index (χ1v) is 7.11. The fourth-order valence-corrected chi connectivity index (χ4v) is 2.32. The Labute approximate surface area is 146 Å². The Balaban J connectivity index is 3.79. The number of aromatic nitrogens is 1. The van der Waals surface area contributed by atoms with Crippen molar-refractivity contribution >= 4 is 0 Å². The molecule has 0 aromatic carbocycles. The van der Waals surface area contributed by atoms with Crippen molar-refractivity contribution in [3.63, 3.8) is 0 Å². The van der Waals surface area contributed by atoms with E-state index in [2.05, 4.69) is 4.89 Å². The zero-order chi connectivity index (χ0) is 21.5. The Morgan fingerprint density at radius 2 is 1.41 bits per heavy atom. The quantitative estimate of drug-likeness (QED) is 0.326. The predicted octanol–water partition coefficient (Wildman–Crippen LogP) is 4.63. The molecule has 2 N–H and O–H groups in total. The van der Waals surface area contributed by atoms with Crippen molar-refractivity contribution in [2.24, 2.45) is 11.3 Å². The van der Waals surface area contributed by atoms with E-state index in [1.807, 2.05) is 4.98 Å². The third-order valence-corrected chi connectivity index (χ3v) is 3.67. The molecular weight excluding hydrogens is 401 g/mol. The maximum absolute atomic E-state index is 14.1. The minimum atomic E-state index is -5.69. The zero-order valence-electron chi connectivity index (χ0n) is 13.9. The molecule has 0 aliphatic carbocycles. The molecule has 1 rings (SSSR count). The summed E-state index contributed by atoms with van der Waals surface area (Å²) in [6.45, 7) is 3.23. The van der Waals surface area contributed by atoms with Crippen LogP contribution in [-0.2, 0) is 11.1 Å². The van der Waals surface area contributed by atoms with Crippen molar-refractivity contribution < 1.29 is 54.8 Å². The maximum atomic E-state index is 14.1. The minimum absolute atomic E-state index is 1.08. The van der Waals surface area contributed by atoms with E-state index in [1.54, 1.807) is 0 Å². The molecule has 3 atom stereocenters. The van der Waals surface area contributed by atoms with Gasteiger partial charge in [0.15, 0.2) is 17.3 Å². The van der Waals surface area contributed by atoms with E-state index in [9.17, 15) is 44.6 Å². The van der Waals surface area contributed by atoms with Gasteiger partial charge >= 0.3 is 12.4 Å². The highest BCUT2D eigenvalue weighted by atomic mass is 19.4. The molecule has 156 valence electrons. The summed E-state index contributed by atoms with van der Waals surface area (Å²) in [6.07, 6.45) is -17.0. The molecule has 1 aromatic rings. The van der Waals surface area contributed by atoms with Gasteiger partial charge in [-0.3, -0.25) is 5.26 Å². The van der Waals surface area contributed by atoms with Crippen LogP contribution in [0.3, 0.4) is 0 Å². The Morgan fingerprint density at radius 3 is 1.74 bits per heavy atom. The van der Waals surface area contributed by atoms with Crippen LogP contribution in [0.4, 0.5) is 39.5 Å². The van der Waals surface area contributed by atoms with Gasteiger partial charge in [-0.15, -0.1) is 0 Å².